The third-order valence-electron chi connectivity index (χ3n) is 4.15. The fourth-order valence-electron chi connectivity index (χ4n) is 2.65. The summed E-state index contributed by atoms with van der Waals surface area (Å²) in [4.78, 5) is 35.4. The van der Waals surface area contributed by atoms with Gasteiger partial charge in [-0.1, -0.05) is 13.8 Å². The first-order valence-electron chi connectivity index (χ1n) is 8.85. The summed E-state index contributed by atoms with van der Waals surface area (Å²) in [6.45, 7) is 6.39. The molecule has 0 N–H and O–H groups in total. The molecule has 1 unspecified atom stereocenters. The molecule has 0 saturated heterocycles. The van der Waals surface area contributed by atoms with Gasteiger partial charge in [0.1, 0.15) is 0 Å². The lowest BCUT2D eigenvalue weighted by Gasteiger charge is -2.30. The van der Waals surface area contributed by atoms with Crippen LogP contribution in [-0.2, 0) is 28.6 Å². The molecule has 0 bridgehead atoms. The van der Waals surface area contributed by atoms with Crippen molar-refractivity contribution < 1.29 is 28.6 Å². The molecule has 0 aliphatic carbocycles. The highest BCUT2D eigenvalue weighted by Gasteiger charge is 2.37. The summed E-state index contributed by atoms with van der Waals surface area (Å²) in [5.74, 6) is -0.770. The molecule has 0 aromatic carbocycles. The maximum absolute atomic E-state index is 12.5. The summed E-state index contributed by atoms with van der Waals surface area (Å²) >= 11 is 0. The largest absolute Gasteiger partial charge is 0.469 e. The minimum Gasteiger partial charge on any atom is -0.469 e. The van der Waals surface area contributed by atoms with Crippen LogP contribution in [0.5, 0.6) is 0 Å². The molecule has 0 rings (SSSR count). The zero-order chi connectivity index (χ0) is 18.4. The fraction of sp³-hybridized carbons (Fsp3) is 0.833. The molecule has 6 nitrogen and oxygen atoms in total. The number of hydrogen-bond acceptors (Lipinski definition) is 6. The van der Waals surface area contributed by atoms with Crippen LogP contribution in [0.4, 0.5) is 0 Å². The Kier molecular flexibility index (Phi) is 11.9. The highest BCUT2D eigenvalue weighted by Crippen LogP contribution is 2.36. The highest BCUT2D eigenvalue weighted by molar-refractivity contribution is 5.77. The van der Waals surface area contributed by atoms with E-state index in [1.54, 1.807) is 6.92 Å². The second-order valence-electron chi connectivity index (χ2n) is 5.86. The number of esters is 3. The third kappa shape index (κ3) is 8.31. The summed E-state index contributed by atoms with van der Waals surface area (Å²) in [7, 11) is 1.35. The quantitative estimate of drug-likeness (QED) is 0.376. The Morgan fingerprint density at radius 2 is 1.46 bits per heavy atom. The molecule has 0 amide bonds. The molecule has 0 aliphatic heterocycles. The van der Waals surface area contributed by atoms with Gasteiger partial charge in [0.2, 0.25) is 0 Å². The molecule has 0 aromatic rings. The van der Waals surface area contributed by atoms with Gasteiger partial charge >= 0.3 is 17.9 Å². The summed E-state index contributed by atoms with van der Waals surface area (Å²) < 4.78 is 14.9. The lowest BCUT2D eigenvalue weighted by molar-refractivity contribution is -0.158. The van der Waals surface area contributed by atoms with Crippen molar-refractivity contribution in [3.8, 4) is 0 Å². The van der Waals surface area contributed by atoms with Crippen LogP contribution < -0.4 is 0 Å². The van der Waals surface area contributed by atoms with Gasteiger partial charge in [-0.05, 0) is 45.4 Å². The molecule has 24 heavy (non-hydrogen) atoms. The Labute approximate surface area is 145 Å². The number of hydrogen-bond donors (Lipinski definition) is 0. The lowest BCUT2D eigenvalue weighted by atomic mass is 9.76. The van der Waals surface area contributed by atoms with E-state index in [4.69, 9.17) is 9.47 Å². The zero-order valence-corrected chi connectivity index (χ0v) is 15.5. The van der Waals surface area contributed by atoms with E-state index in [-0.39, 0.29) is 30.7 Å². The van der Waals surface area contributed by atoms with Gasteiger partial charge in [0.05, 0.1) is 25.7 Å². The van der Waals surface area contributed by atoms with Crippen molar-refractivity contribution in [2.75, 3.05) is 20.3 Å². The standard InChI is InChI=1S/C18H32O6/c1-5-14-24-17(21)18(6-2,12-8-10-15(19)22-4)13-9-11-16(20)23-7-3/h5-14H2,1-4H3. The van der Waals surface area contributed by atoms with Crippen LogP contribution in [0.3, 0.4) is 0 Å². The van der Waals surface area contributed by atoms with Gasteiger partial charge in [-0.3, -0.25) is 14.4 Å². The molecule has 0 heterocycles. The Bertz CT molecular complexity index is 393. The second-order valence-corrected chi connectivity index (χ2v) is 5.86. The van der Waals surface area contributed by atoms with Gasteiger partial charge in [0, 0.05) is 12.8 Å². The maximum Gasteiger partial charge on any atom is 0.312 e. The van der Waals surface area contributed by atoms with Crippen molar-refractivity contribution in [1.29, 1.82) is 0 Å². The van der Waals surface area contributed by atoms with E-state index in [1.165, 1.54) is 7.11 Å². The summed E-state index contributed by atoms with van der Waals surface area (Å²) in [5, 5.41) is 0. The van der Waals surface area contributed by atoms with Gasteiger partial charge in [0.25, 0.3) is 0 Å². The molecule has 0 spiro atoms. The van der Waals surface area contributed by atoms with Crippen molar-refractivity contribution >= 4 is 17.9 Å². The van der Waals surface area contributed by atoms with Gasteiger partial charge in [-0.2, -0.15) is 0 Å². The molecule has 0 saturated carbocycles. The van der Waals surface area contributed by atoms with E-state index >= 15 is 0 Å². The molecular weight excluding hydrogens is 312 g/mol. The van der Waals surface area contributed by atoms with E-state index in [1.807, 2.05) is 13.8 Å². The predicted octanol–water partition coefficient (Wildman–Crippen LogP) is 3.41. The van der Waals surface area contributed by atoms with E-state index in [0.29, 0.717) is 45.3 Å². The van der Waals surface area contributed by atoms with Crippen LogP contribution in [0.25, 0.3) is 0 Å². The molecule has 140 valence electrons. The Morgan fingerprint density at radius 1 is 0.875 bits per heavy atom. The Morgan fingerprint density at radius 3 is 1.92 bits per heavy atom. The summed E-state index contributed by atoms with van der Waals surface area (Å²) in [6, 6.07) is 0. The maximum atomic E-state index is 12.5. The summed E-state index contributed by atoms with van der Waals surface area (Å²) in [5.41, 5.74) is -0.657. The normalized spacial score (nSPS) is 13.0. The smallest absolute Gasteiger partial charge is 0.312 e. The first-order valence-corrected chi connectivity index (χ1v) is 8.85. The van der Waals surface area contributed by atoms with Crippen LogP contribution >= 0.6 is 0 Å². The average molecular weight is 344 g/mol. The number of carbonyl (C=O) groups is 3. The van der Waals surface area contributed by atoms with Crippen LogP contribution in [0.1, 0.15) is 72.1 Å². The van der Waals surface area contributed by atoms with Crippen molar-refractivity contribution in [1.82, 2.24) is 0 Å². The molecule has 6 heteroatoms. The fourth-order valence-corrected chi connectivity index (χ4v) is 2.65. The first kappa shape index (κ1) is 22.4. The average Bonchev–Trinajstić information content (AvgIpc) is 2.58. The van der Waals surface area contributed by atoms with Crippen LogP contribution in [0.2, 0.25) is 0 Å². The van der Waals surface area contributed by atoms with Crippen LogP contribution in [0, 0.1) is 5.41 Å². The molecule has 0 aliphatic rings. The monoisotopic (exact) mass is 344 g/mol. The zero-order valence-electron chi connectivity index (χ0n) is 15.5. The van der Waals surface area contributed by atoms with Gasteiger partial charge in [-0.25, -0.2) is 0 Å². The topological polar surface area (TPSA) is 78.9 Å². The van der Waals surface area contributed by atoms with Crippen molar-refractivity contribution in [2.45, 2.75) is 72.1 Å². The number of ether oxygens (including phenoxy) is 3. The molecule has 0 radical (unpaired) electrons. The highest BCUT2D eigenvalue weighted by atomic mass is 16.5. The third-order valence-corrected chi connectivity index (χ3v) is 4.15. The van der Waals surface area contributed by atoms with Crippen LogP contribution in [-0.4, -0.2) is 38.2 Å². The van der Waals surface area contributed by atoms with E-state index < -0.39 is 5.41 Å². The van der Waals surface area contributed by atoms with E-state index in [0.717, 1.165) is 6.42 Å². The predicted molar refractivity (Wildman–Crippen MR) is 90.3 cm³/mol. The molecule has 0 aromatic heterocycles. The van der Waals surface area contributed by atoms with Gasteiger partial charge in [-0.15, -0.1) is 0 Å². The number of rotatable bonds is 13. The van der Waals surface area contributed by atoms with Crippen molar-refractivity contribution in [3.63, 3.8) is 0 Å². The minimum atomic E-state index is -0.657. The number of methoxy groups -OCH3 is 1. The van der Waals surface area contributed by atoms with Crippen molar-refractivity contribution in [2.24, 2.45) is 5.41 Å². The first-order chi connectivity index (χ1) is 11.5. The minimum absolute atomic E-state index is 0.236. The van der Waals surface area contributed by atoms with Gasteiger partial charge in [0.15, 0.2) is 0 Å². The Hall–Kier alpha value is -1.59. The SMILES string of the molecule is CCCOC(=O)C(CC)(CCCC(=O)OC)CCCC(=O)OCC. The lowest BCUT2D eigenvalue weighted by Crippen LogP contribution is -2.33. The molecule has 0 fully saturated rings. The van der Waals surface area contributed by atoms with E-state index in [2.05, 4.69) is 4.74 Å². The number of carbonyl (C=O) groups excluding carboxylic acids is 3. The molecule has 1 atom stereocenters. The van der Waals surface area contributed by atoms with E-state index in [9.17, 15) is 14.4 Å². The van der Waals surface area contributed by atoms with Gasteiger partial charge < -0.3 is 14.2 Å². The van der Waals surface area contributed by atoms with Crippen molar-refractivity contribution in [3.05, 3.63) is 0 Å². The summed E-state index contributed by atoms with van der Waals surface area (Å²) in [6.07, 6.45) is 4.14. The second kappa shape index (κ2) is 12.8. The Balaban J connectivity index is 4.78. The molecular formula is C18H32O6. The van der Waals surface area contributed by atoms with Crippen LogP contribution in [0.15, 0.2) is 0 Å².